The summed E-state index contributed by atoms with van der Waals surface area (Å²) in [6.45, 7) is 0. The molecule has 0 atom stereocenters. The van der Waals surface area contributed by atoms with Crippen LogP contribution in [-0.2, 0) is 5.54 Å². The molecule has 1 saturated carbocycles. The fourth-order valence-corrected chi connectivity index (χ4v) is 1.60. The first-order valence-corrected chi connectivity index (χ1v) is 4.36. The van der Waals surface area contributed by atoms with E-state index >= 15 is 0 Å². The SMILES string of the molecule is NC1(c2cnc3cnccn23)CC1. The van der Waals surface area contributed by atoms with Crippen LogP contribution in [0.2, 0.25) is 0 Å². The second-order valence-electron chi connectivity index (χ2n) is 3.60. The molecule has 0 radical (unpaired) electrons. The highest BCUT2D eigenvalue weighted by Crippen LogP contribution is 2.42. The molecule has 13 heavy (non-hydrogen) atoms. The molecule has 4 nitrogen and oxygen atoms in total. The molecule has 0 bridgehead atoms. The summed E-state index contributed by atoms with van der Waals surface area (Å²) in [5.41, 5.74) is 7.94. The molecular formula is C9H10N4. The smallest absolute Gasteiger partial charge is 0.155 e. The largest absolute Gasteiger partial charge is 0.320 e. The van der Waals surface area contributed by atoms with Gasteiger partial charge in [-0.15, -0.1) is 0 Å². The molecule has 1 fully saturated rings. The van der Waals surface area contributed by atoms with Crippen molar-refractivity contribution in [3.05, 3.63) is 30.5 Å². The van der Waals surface area contributed by atoms with Crippen molar-refractivity contribution >= 4 is 5.65 Å². The molecule has 0 aliphatic heterocycles. The van der Waals surface area contributed by atoms with Gasteiger partial charge in [0.1, 0.15) is 0 Å². The first kappa shape index (κ1) is 7.03. The molecule has 1 aliphatic rings. The van der Waals surface area contributed by atoms with E-state index in [-0.39, 0.29) is 5.54 Å². The molecule has 0 aromatic carbocycles. The van der Waals surface area contributed by atoms with Crippen LogP contribution in [0.1, 0.15) is 18.5 Å². The summed E-state index contributed by atoms with van der Waals surface area (Å²) < 4.78 is 2.01. The fraction of sp³-hybridized carbons (Fsp3) is 0.333. The number of fused-ring (bicyclic) bond motifs is 1. The lowest BCUT2D eigenvalue weighted by atomic mass is 10.2. The van der Waals surface area contributed by atoms with Crippen molar-refractivity contribution in [1.29, 1.82) is 0 Å². The van der Waals surface area contributed by atoms with Crippen molar-refractivity contribution in [3.8, 4) is 0 Å². The Morgan fingerprint density at radius 3 is 3.00 bits per heavy atom. The summed E-state index contributed by atoms with van der Waals surface area (Å²) in [4.78, 5) is 8.25. The monoisotopic (exact) mass is 174 g/mol. The second kappa shape index (κ2) is 2.09. The van der Waals surface area contributed by atoms with Gasteiger partial charge in [0.15, 0.2) is 5.65 Å². The van der Waals surface area contributed by atoms with Crippen molar-refractivity contribution in [1.82, 2.24) is 14.4 Å². The lowest BCUT2D eigenvalue weighted by Crippen LogP contribution is -2.20. The summed E-state index contributed by atoms with van der Waals surface area (Å²) in [5.74, 6) is 0. The van der Waals surface area contributed by atoms with Crippen molar-refractivity contribution in [2.24, 2.45) is 5.73 Å². The summed E-state index contributed by atoms with van der Waals surface area (Å²) in [6.07, 6.45) is 9.38. The van der Waals surface area contributed by atoms with Crippen LogP contribution >= 0.6 is 0 Å². The summed E-state index contributed by atoms with van der Waals surface area (Å²) in [5, 5.41) is 0. The molecule has 2 heterocycles. The van der Waals surface area contributed by atoms with Crippen LogP contribution in [0.25, 0.3) is 5.65 Å². The van der Waals surface area contributed by atoms with Crippen LogP contribution in [0, 0.1) is 0 Å². The van der Waals surface area contributed by atoms with Gasteiger partial charge < -0.3 is 5.73 Å². The topological polar surface area (TPSA) is 56.2 Å². The highest BCUT2D eigenvalue weighted by atomic mass is 15.1. The number of imidazole rings is 1. The van der Waals surface area contributed by atoms with Gasteiger partial charge in [-0.3, -0.25) is 9.38 Å². The molecule has 0 unspecified atom stereocenters. The van der Waals surface area contributed by atoms with E-state index in [1.165, 1.54) is 0 Å². The van der Waals surface area contributed by atoms with Crippen LogP contribution in [0.3, 0.4) is 0 Å². The van der Waals surface area contributed by atoms with Gasteiger partial charge in [0.05, 0.1) is 23.6 Å². The van der Waals surface area contributed by atoms with E-state index in [9.17, 15) is 0 Å². The minimum Gasteiger partial charge on any atom is -0.320 e. The highest BCUT2D eigenvalue weighted by Gasteiger charge is 2.42. The molecule has 66 valence electrons. The Morgan fingerprint density at radius 2 is 2.23 bits per heavy atom. The quantitative estimate of drug-likeness (QED) is 0.691. The Morgan fingerprint density at radius 1 is 1.38 bits per heavy atom. The Hall–Kier alpha value is -1.42. The van der Waals surface area contributed by atoms with E-state index in [1.54, 1.807) is 12.4 Å². The molecule has 0 amide bonds. The van der Waals surface area contributed by atoms with Gasteiger partial charge in [0.25, 0.3) is 0 Å². The number of hydrogen-bond acceptors (Lipinski definition) is 3. The van der Waals surface area contributed by atoms with E-state index in [1.807, 2.05) is 16.8 Å². The summed E-state index contributed by atoms with van der Waals surface area (Å²) in [7, 11) is 0. The van der Waals surface area contributed by atoms with Crippen LogP contribution in [0.4, 0.5) is 0 Å². The number of hydrogen-bond donors (Lipinski definition) is 1. The van der Waals surface area contributed by atoms with Gasteiger partial charge in [-0.1, -0.05) is 0 Å². The van der Waals surface area contributed by atoms with E-state index in [4.69, 9.17) is 5.73 Å². The van der Waals surface area contributed by atoms with Crippen molar-refractivity contribution in [2.75, 3.05) is 0 Å². The van der Waals surface area contributed by atoms with Crippen molar-refractivity contribution < 1.29 is 0 Å². The lowest BCUT2D eigenvalue weighted by molar-refractivity contribution is 0.698. The zero-order chi connectivity index (χ0) is 8.89. The summed E-state index contributed by atoms with van der Waals surface area (Å²) >= 11 is 0. The molecule has 1 aliphatic carbocycles. The number of aromatic nitrogens is 3. The minimum atomic E-state index is -0.124. The maximum Gasteiger partial charge on any atom is 0.155 e. The van der Waals surface area contributed by atoms with Gasteiger partial charge in [-0.25, -0.2) is 4.98 Å². The number of nitrogens with two attached hydrogens (primary N) is 1. The summed E-state index contributed by atoms with van der Waals surface area (Å²) in [6, 6.07) is 0. The predicted molar refractivity (Wildman–Crippen MR) is 48.1 cm³/mol. The molecule has 0 spiro atoms. The Bertz CT molecular complexity index is 455. The molecule has 4 heteroatoms. The minimum absolute atomic E-state index is 0.124. The lowest BCUT2D eigenvalue weighted by Gasteiger charge is -2.06. The van der Waals surface area contributed by atoms with Gasteiger partial charge >= 0.3 is 0 Å². The standard InChI is InChI=1S/C9H10N4/c10-9(1-2-9)7-5-12-8-6-11-3-4-13(7)8/h3-6H,1-2,10H2. The van der Waals surface area contributed by atoms with E-state index in [0.717, 1.165) is 24.2 Å². The van der Waals surface area contributed by atoms with Gasteiger partial charge in [-0.2, -0.15) is 0 Å². The van der Waals surface area contributed by atoms with E-state index in [2.05, 4.69) is 9.97 Å². The number of nitrogens with zero attached hydrogens (tertiary/aromatic N) is 3. The number of rotatable bonds is 1. The first-order chi connectivity index (χ1) is 6.30. The van der Waals surface area contributed by atoms with Crippen LogP contribution in [-0.4, -0.2) is 14.4 Å². The Balaban J connectivity index is 2.30. The van der Waals surface area contributed by atoms with E-state index in [0.29, 0.717) is 0 Å². The molecule has 2 N–H and O–H groups in total. The molecule has 0 saturated heterocycles. The Labute approximate surface area is 75.4 Å². The molecule has 2 aromatic heterocycles. The van der Waals surface area contributed by atoms with Gasteiger partial charge in [0.2, 0.25) is 0 Å². The third-order valence-corrected chi connectivity index (χ3v) is 2.62. The van der Waals surface area contributed by atoms with Crippen molar-refractivity contribution in [3.63, 3.8) is 0 Å². The third-order valence-electron chi connectivity index (χ3n) is 2.62. The zero-order valence-corrected chi connectivity index (χ0v) is 7.14. The molecule has 2 aromatic rings. The normalized spacial score (nSPS) is 19.2. The van der Waals surface area contributed by atoms with Gasteiger partial charge in [-0.05, 0) is 12.8 Å². The first-order valence-electron chi connectivity index (χ1n) is 4.36. The van der Waals surface area contributed by atoms with Crippen LogP contribution < -0.4 is 5.73 Å². The second-order valence-corrected chi connectivity index (χ2v) is 3.60. The van der Waals surface area contributed by atoms with Gasteiger partial charge in [0, 0.05) is 12.4 Å². The van der Waals surface area contributed by atoms with Crippen molar-refractivity contribution in [2.45, 2.75) is 18.4 Å². The molecule has 3 rings (SSSR count). The maximum atomic E-state index is 6.10. The fourth-order valence-electron chi connectivity index (χ4n) is 1.60. The highest BCUT2D eigenvalue weighted by molar-refractivity contribution is 5.40. The average molecular weight is 174 g/mol. The third kappa shape index (κ3) is 0.890. The average Bonchev–Trinajstić information content (AvgIpc) is 2.76. The van der Waals surface area contributed by atoms with Crippen LogP contribution in [0.15, 0.2) is 24.8 Å². The Kier molecular flexibility index (Phi) is 1.13. The maximum absolute atomic E-state index is 6.10. The van der Waals surface area contributed by atoms with E-state index < -0.39 is 0 Å². The predicted octanol–water partition coefficient (Wildman–Crippen LogP) is 0.677. The zero-order valence-electron chi connectivity index (χ0n) is 7.14. The van der Waals surface area contributed by atoms with Crippen LogP contribution in [0.5, 0.6) is 0 Å². The molecular weight excluding hydrogens is 164 g/mol.